The fourth-order valence-corrected chi connectivity index (χ4v) is 2.25. The van der Waals surface area contributed by atoms with Gasteiger partial charge in [0.05, 0.1) is 5.71 Å². The molecule has 2 amide bonds. The molecular weight excluding hydrogens is 342 g/mol. The molecular formula is C21H25N3O3. The van der Waals surface area contributed by atoms with Gasteiger partial charge in [0, 0.05) is 11.1 Å². The number of rotatable bonds is 5. The Labute approximate surface area is 159 Å². The highest BCUT2D eigenvalue weighted by atomic mass is 16.6. The number of nitrogens with one attached hydrogen (secondary N) is 2. The zero-order valence-corrected chi connectivity index (χ0v) is 16.0. The van der Waals surface area contributed by atoms with Gasteiger partial charge in [-0.3, -0.25) is 4.79 Å². The molecule has 2 N–H and O–H groups in total. The summed E-state index contributed by atoms with van der Waals surface area (Å²) in [5.74, 6) is -0.440. The van der Waals surface area contributed by atoms with Crippen LogP contribution in [0.15, 0.2) is 65.8 Å². The fraction of sp³-hybridized carbons (Fsp3) is 0.286. The molecule has 0 aliphatic carbocycles. The van der Waals surface area contributed by atoms with Crippen LogP contribution in [0.25, 0.3) is 0 Å². The van der Waals surface area contributed by atoms with Crippen LogP contribution in [0.4, 0.5) is 4.79 Å². The summed E-state index contributed by atoms with van der Waals surface area (Å²) in [5.41, 5.74) is 4.27. The minimum atomic E-state index is -0.795. The number of ether oxygens (including phenoxy) is 1. The molecule has 0 unspecified atom stereocenters. The predicted octanol–water partition coefficient (Wildman–Crippen LogP) is 3.47. The first-order chi connectivity index (χ1) is 12.8. The number of hydrogen-bond donors (Lipinski definition) is 2. The van der Waals surface area contributed by atoms with Crippen molar-refractivity contribution in [2.45, 2.75) is 39.3 Å². The summed E-state index contributed by atoms with van der Waals surface area (Å²) in [4.78, 5) is 24.1. The Kier molecular flexibility index (Phi) is 6.71. The van der Waals surface area contributed by atoms with Gasteiger partial charge in [0.1, 0.15) is 11.6 Å². The van der Waals surface area contributed by atoms with Crippen LogP contribution in [0.5, 0.6) is 0 Å². The molecule has 2 aromatic carbocycles. The Bertz CT molecular complexity index is 755. The molecule has 0 spiro atoms. The zero-order valence-electron chi connectivity index (χ0n) is 16.0. The van der Waals surface area contributed by atoms with E-state index in [0.29, 0.717) is 5.71 Å². The molecule has 0 saturated heterocycles. The molecule has 1 atom stereocenters. The lowest BCUT2D eigenvalue weighted by atomic mass is 10.0. The minimum absolute atomic E-state index is 0.440. The van der Waals surface area contributed by atoms with Crippen LogP contribution in [0.1, 0.15) is 38.8 Å². The van der Waals surface area contributed by atoms with E-state index in [1.807, 2.05) is 60.7 Å². The Morgan fingerprint density at radius 1 is 0.926 bits per heavy atom. The summed E-state index contributed by atoms with van der Waals surface area (Å²) >= 11 is 0. The van der Waals surface area contributed by atoms with Crippen molar-refractivity contribution < 1.29 is 14.3 Å². The molecule has 0 aliphatic rings. The van der Waals surface area contributed by atoms with Crippen molar-refractivity contribution in [1.82, 2.24) is 10.7 Å². The van der Waals surface area contributed by atoms with Gasteiger partial charge in [0.2, 0.25) is 0 Å². The molecule has 6 nitrogen and oxygen atoms in total. The van der Waals surface area contributed by atoms with Crippen LogP contribution < -0.4 is 10.7 Å². The van der Waals surface area contributed by atoms with Gasteiger partial charge >= 0.3 is 6.09 Å². The zero-order chi connectivity index (χ0) is 19.9. The fourth-order valence-electron chi connectivity index (χ4n) is 2.25. The van der Waals surface area contributed by atoms with E-state index in [1.165, 1.54) is 0 Å². The van der Waals surface area contributed by atoms with Gasteiger partial charge in [0.15, 0.2) is 0 Å². The van der Waals surface area contributed by atoms with E-state index in [4.69, 9.17) is 4.74 Å². The van der Waals surface area contributed by atoms with E-state index in [1.54, 1.807) is 27.7 Å². The number of alkyl carbamates (subject to hydrolysis) is 1. The second-order valence-electron chi connectivity index (χ2n) is 7.04. The SMILES string of the molecule is C[C@H](NC(=O)OC(C)(C)C)C(=O)NN=C(c1ccccc1)c1ccccc1. The summed E-state index contributed by atoms with van der Waals surface area (Å²) in [5, 5.41) is 6.79. The quantitative estimate of drug-likeness (QED) is 0.627. The third-order valence-electron chi connectivity index (χ3n) is 3.50. The van der Waals surface area contributed by atoms with E-state index in [0.717, 1.165) is 11.1 Å². The number of carbonyl (C=O) groups excluding carboxylic acids is 2. The topological polar surface area (TPSA) is 79.8 Å². The van der Waals surface area contributed by atoms with Crippen LogP contribution in [0, 0.1) is 0 Å². The number of hydrogen-bond acceptors (Lipinski definition) is 4. The van der Waals surface area contributed by atoms with Gasteiger partial charge in [-0.2, -0.15) is 5.10 Å². The van der Waals surface area contributed by atoms with Crippen LogP contribution in [0.2, 0.25) is 0 Å². The minimum Gasteiger partial charge on any atom is -0.444 e. The first-order valence-corrected chi connectivity index (χ1v) is 8.74. The van der Waals surface area contributed by atoms with Crippen LogP contribution in [-0.2, 0) is 9.53 Å². The van der Waals surface area contributed by atoms with Crippen LogP contribution in [-0.4, -0.2) is 29.4 Å². The molecule has 0 radical (unpaired) electrons. The largest absolute Gasteiger partial charge is 0.444 e. The van der Waals surface area contributed by atoms with Crippen molar-refractivity contribution in [3.05, 3.63) is 71.8 Å². The third kappa shape index (κ3) is 6.58. The Hall–Kier alpha value is -3.15. The summed E-state index contributed by atoms with van der Waals surface area (Å²) in [6.07, 6.45) is -0.652. The van der Waals surface area contributed by atoms with Crippen molar-refractivity contribution in [3.63, 3.8) is 0 Å². The maximum absolute atomic E-state index is 12.3. The number of amides is 2. The van der Waals surface area contributed by atoms with Crippen molar-refractivity contribution in [2.24, 2.45) is 5.10 Å². The Morgan fingerprint density at radius 2 is 1.41 bits per heavy atom. The molecule has 27 heavy (non-hydrogen) atoms. The average molecular weight is 367 g/mol. The average Bonchev–Trinajstić information content (AvgIpc) is 2.62. The Balaban J connectivity index is 2.11. The first kappa shape index (κ1) is 20.2. The van der Waals surface area contributed by atoms with Gasteiger partial charge in [-0.15, -0.1) is 0 Å². The van der Waals surface area contributed by atoms with E-state index >= 15 is 0 Å². The predicted molar refractivity (Wildman–Crippen MR) is 105 cm³/mol. The molecule has 0 saturated carbocycles. The summed E-state index contributed by atoms with van der Waals surface area (Å²) in [6.45, 7) is 6.84. The molecule has 0 heterocycles. The normalized spacial score (nSPS) is 11.9. The number of hydrazone groups is 1. The van der Waals surface area contributed by atoms with Crippen molar-refractivity contribution in [1.29, 1.82) is 0 Å². The van der Waals surface area contributed by atoms with E-state index in [-0.39, 0.29) is 0 Å². The lowest BCUT2D eigenvalue weighted by molar-refractivity contribution is -0.122. The maximum Gasteiger partial charge on any atom is 0.408 e. The monoisotopic (exact) mass is 367 g/mol. The summed E-state index contributed by atoms with van der Waals surface area (Å²) < 4.78 is 5.16. The smallest absolute Gasteiger partial charge is 0.408 e. The van der Waals surface area contributed by atoms with Gasteiger partial charge in [-0.1, -0.05) is 60.7 Å². The molecule has 0 aromatic heterocycles. The lowest BCUT2D eigenvalue weighted by Crippen LogP contribution is -2.45. The number of benzene rings is 2. The third-order valence-corrected chi connectivity index (χ3v) is 3.50. The van der Waals surface area contributed by atoms with E-state index < -0.39 is 23.6 Å². The maximum atomic E-state index is 12.3. The van der Waals surface area contributed by atoms with Crippen LogP contribution >= 0.6 is 0 Å². The van der Waals surface area contributed by atoms with Crippen molar-refractivity contribution in [2.75, 3.05) is 0 Å². The van der Waals surface area contributed by atoms with Crippen molar-refractivity contribution >= 4 is 17.7 Å². The summed E-state index contributed by atoms with van der Waals surface area (Å²) in [6, 6.07) is 18.3. The highest BCUT2D eigenvalue weighted by Gasteiger charge is 2.21. The van der Waals surface area contributed by atoms with Gasteiger partial charge in [-0.25, -0.2) is 10.2 Å². The van der Waals surface area contributed by atoms with Crippen LogP contribution in [0.3, 0.4) is 0 Å². The van der Waals surface area contributed by atoms with E-state index in [9.17, 15) is 9.59 Å². The molecule has 6 heteroatoms. The first-order valence-electron chi connectivity index (χ1n) is 8.74. The van der Waals surface area contributed by atoms with Gasteiger partial charge < -0.3 is 10.1 Å². The molecule has 0 bridgehead atoms. The highest BCUT2D eigenvalue weighted by Crippen LogP contribution is 2.10. The van der Waals surface area contributed by atoms with Gasteiger partial charge in [-0.05, 0) is 27.7 Å². The lowest BCUT2D eigenvalue weighted by Gasteiger charge is -2.21. The highest BCUT2D eigenvalue weighted by molar-refractivity contribution is 6.13. The number of nitrogens with zero attached hydrogens (tertiary/aromatic N) is 1. The van der Waals surface area contributed by atoms with Gasteiger partial charge in [0.25, 0.3) is 5.91 Å². The summed E-state index contributed by atoms with van der Waals surface area (Å²) in [7, 11) is 0. The standard InChI is InChI=1S/C21H25N3O3/c1-15(22-20(26)27-21(2,3)4)19(25)24-23-18(16-11-7-5-8-12-16)17-13-9-6-10-14-17/h5-15H,1-4H3,(H,22,26)(H,24,25)/t15-/m0/s1. The van der Waals surface area contributed by atoms with Crippen molar-refractivity contribution in [3.8, 4) is 0 Å². The second kappa shape index (κ2) is 8.98. The molecule has 142 valence electrons. The second-order valence-corrected chi connectivity index (χ2v) is 7.04. The molecule has 2 rings (SSSR count). The molecule has 0 fully saturated rings. The molecule has 2 aromatic rings. The number of carbonyl (C=O) groups is 2. The van der Waals surface area contributed by atoms with E-state index in [2.05, 4.69) is 15.8 Å². The Morgan fingerprint density at radius 3 is 1.85 bits per heavy atom. The molecule has 0 aliphatic heterocycles.